The first-order chi connectivity index (χ1) is 34.8. The number of nitrogens with zero attached hydrogens (tertiary/aromatic N) is 2. The first-order valence-electron chi connectivity index (χ1n) is 24.4. The summed E-state index contributed by atoms with van der Waals surface area (Å²) < 4.78 is 0. The lowest BCUT2D eigenvalue weighted by atomic mass is 9.78. The van der Waals surface area contributed by atoms with Gasteiger partial charge in [0.1, 0.15) is 0 Å². The smallest absolute Gasteiger partial charge is 0.0540 e. The highest BCUT2D eigenvalue weighted by atomic mass is 15.1. The van der Waals surface area contributed by atoms with Gasteiger partial charge in [0.25, 0.3) is 0 Å². The van der Waals surface area contributed by atoms with Crippen molar-refractivity contribution in [2.24, 2.45) is 0 Å². The van der Waals surface area contributed by atoms with E-state index in [-0.39, 0.29) is 0 Å². The standard InChI is InChI=1S/C68H48N2/c1-4-20-49(21-5-1)62-46-63(50-38-42-54(43-39-50)69(52-26-6-2-7-27-52)64-36-18-24-47-22-10-12-30-56(47)64)67-60-34-16-14-32-58(60)59-33-15-17-35-61(59)68(67)66(62)51-40-44-55(45-41-51)70(53-28-8-3-9-29-53)65-37-19-25-48-23-11-13-31-57(48)65/h1-13,15-31,33-46H,14,32H2. The molecule has 0 aromatic heterocycles. The summed E-state index contributed by atoms with van der Waals surface area (Å²) in [6.45, 7) is 0. The van der Waals surface area contributed by atoms with Gasteiger partial charge in [-0.1, -0.05) is 200 Å². The van der Waals surface area contributed by atoms with Crippen LogP contribution in [0.3, 0.4) is 0 Å². The van der Waals surface area contributed by atoms with E-state index in [2.05, 4.69) is 277 Å². The van der Waals surface area contributed by atoms with Gasteiger partial charge in [0.15, 0.2) is 0 Å². The molecule has 70 heavy (non-hydrogen) atoms. The predicted octanol–water partition coefficient (Wildman–Crippen LogP) is 19.2. The highest BCUT2D eigenvalue weighted by Gasteiger charge is 2.25. The van der Waals surface area contributed by atoms with Crippen LogP contribution in [0.15, 0.2) is 261 Å². The first-order valence-corrected chi connectivity index (χ1v) is 24.4. The third kappa shape index (κ3) is 7.12. The molecule has 0 amide bonds. The third-order valence-corrected chi connectivity index (χ3v) is 14.3. The summed E-state index contributed by atoms with van der Waals surface area (Å²) in [5.74, 6) is 0. The number of hydrogen-bond donors (Lipinski definition) is 0. The van der Waals surface area contributed by atoms with Crippen LogP contribution in [0.4, 0.5) is 34.1 Å². The van der Waals surface area contributed by atoms with Gasteiger partial charge >= 0.3 is 0 Å². The number of allylic oxidation sites excluding steroid dienone is 1. The Hall–Kier alpha value is -8.98. The van der Waals surface area contributed by atoms with Crippen LogP contribution in [0.25, 0.3) is 82.5 Å². The summed E-state index contributed by atoms with van der Waals surface area (Å²) in [6, 6.07) is 93.3. The molecule has 0 spiro atoms. The van der Waals surface area contributed by atoms with E-state index in [4.69, 9.17) is 0 Å². The molecular weight excluding hydrogens is 845 g/mol. The van der Waals surface area contributed by atoms with Crippen LogP contribution in [0.5, 0.6) is 0 Å². The molecule has 0 aliphatic heterocycles. The van der Waals surface area contributed by atoms with E-state index in [1.54, 1.807) is 0 Å². The molecule has 0 heterocycles. The highest BCUT2D eigenvalue weighted by molar-refractivity contribution is 6.25. The van der Waals surface area contributed by atoms with Crippen LogP contribution in [0, 0.1) is 0 Å². The summed E-state index contributed by atoms with van der Waals surface area (Å²) in [4.78, 5) is 4.79. The van der Waals surface area contributed by atoms with Crippen LogP contribution in [0.2, 0.25) is 0 Å². The Labute approximate surface area is 409 Å². The molecule has 330 valence electrons. The number of para-hydroxylation sites is 2. The minimum absolute atomic E-state index is 1.01. The zero-order valence-corrected chi connectivity index (χ0v) is 38.7. The molecule has 12 aromatic carbocycles. The Morgan fingerprint density at radius 2 is 0.757 bits per heavy atom. The van der Waals surface area contributed by atoms with Crippen LogP contribution < -0.4 is 9.80 Å². The van der Waals surface area contributed by atoms with E-state index in [0.29, 0.717) is 0 Å². The van der Waals surface area contributed by atoms with Crippen LogP contribution in [-0.2, 0) is 6.42 Å². The maximum absolute atomic E-state index is 2.49. The van der Waals surface area contributed by atoms with Crippen molar-refractivity contribution in [1.29, 1.82) is 0 Å². The fraction of sp³-hybridized carbons (Fsp3) is 0.0294. The predicted molar refractivity (Wildman–Crippen MR) is 299 cm³/mol. The SMILES string of the molecule is C1=Cc2c(c3ccccc3c3c(-c4ccc(N(c5ccccc5)c5cccc6ccccc56)cc4)c(-c4ccccc4)cc(-c4ccc(N(c5ccccc5)c5cccc6ccccc56)cc4)c23)CC1. The molecule has 0 radical (unpaired) electrons. The van der Waals surface area contributed by atoms with Crippen molar-refractivity contribution in [3.05, 3.63) is 272 Å². The minimum atomic E-state index is 1.01. The van der Waals surface area contributed by atoms with Crippen molar-refractivity contribution in [3.8, 4) is 33.4 Å². The van der Waals surface area contributed by atoms with Gasteiger partial charge in [-0.25, -0.2) is 0 Å². The maximum Gasteiger partial charge on any atom is 0.0540 e. The molecule has 0 unspecified atom stereocenters. The van der Waals surface area contributed by atoms with Crippen molar-refractivity contribution < 1.29 is 0 Å². The van der Waals surface area contributed by atoms with Gasteiger partial charge < -0.3 is 9.80 Å². The largest absolute Gasteiger partial charge is 0.310 e. The second-order valence-electron chi connectivity index (χ2n) is 18.3. The molecule has 0 bridgehead atoms. The number of benzene rings is 12. The molecule has 2 nitrogen and oxygen atoms in total. The van der Waals surface area contributed by atoms with Crippen molar-refractivity contribution in [2.75, 3.05) is 9.80 Å². The number of hydrogen-bond acceptors (Lipinski definition) is 2. The fourth-order valence-electron chi connectivity index (χ4n) is 11.1. The first kappa shape index (κ1) is 41.2. The summed E-state index contributed by atoms with van der Waals surface area (Å²) in [6.07, 6.45) is 6.81. The Bertz CT molecular complexity index is 3900. The average molecular weight is 893 g/mol. The molecular formula is C68H48N2. The number of aryl methyl sites for hydroxylation is 1. The van der Waals surface area contributed by atoms with Crippen LogP contribution in [-0.4, -0.2) is 0 Å². The second kappa shape index (κ2) is 17.6. The maximum atomic E-state index is 2.49. The molecule has 0 saturated carbocycles. The van der Waals surface area contributed by atoms with Crippen molar-refractivity contribution in [3.63, 3.8) is 0 Å². The van der Waals surface area contributed by atoms with Gasteiger partial charge in [-0.2, -0.15) is 0 Å². The van der Waals surface area contributed by atoms with Gasteiger partial charge in [-0.05, 0) is 156 Å². The van der Waals surface area contributed by atoms with E-state index < -0.39 is 0 Å². The Balaban J connectivity index is 1.04. The molecule has 0 N–H and O–H groups in total. The second-order valence-corrected chi connectivity index (χ2v) is 18.3. The monoisotopic (exact) mass is 892 g/mol. The average Bonchev–Trinajstić information content (AvgIpc) is 3.44. The lowest BCUT2D eigenvalue weighted by molar-refractivity contribution is 1.00. The van der Waals surface area contributed by atoms with E-state index in [0.717, 1.165) is 47.0 Å². The van der Waals surface area contributed by atoms with E-state index >= 15 is 0 Å². The van der Waals surface area contributed by atoms with E-state index in [1.807, 2.05) is 0 Å². The number of rotatable bonds is 9. The number of anilines is 6. The highest BCUT2D eigenvalue weighted by Crippen LogP contribution is 2.51. The molecule has 0 saturated heterocycles. The molecule has 0 fully saturated rings. The van der Waals surface area contributed by atoms with Crippen molar-refractivity contribution in [1.82, 2.24) is 0 Å². The Morgan fingerprint density at radius 1 is 0.314 bits per heavy atom. The van der Waals surface area contributed by atoms with Crippen LogP contribution in [0.1, 0.15) is 17.5 Å². The molecule has 2 heteroatoms. The van der Waals surface area contributed by atoms with Gasteiger partial charge in [0, 0.05) is 33.5 Å². The summed E-state index contributed by atoms with van der Waals surface area (Å²) in [5.41, 5.74) is 16.7. The molecule has 1 aliphatic carbocycles. The van der Waals surface area contributed by atoms with Crippen molar-refractivity contribution >= 4 is 83.3 Å². The lowest BCUT2D eigenvalue weighted by Crippen LogP contribution is -2.10. The Kier molecular flexibility index (Phi) is 10.4. The normalized spacial score (nSPS) is 12.1. The third-order valence-electron chi connectivity index (χ3n) is 14.3. The lowest BCUT2D eigenvalue weighted by Gasteiger charge is -2.28. The van der Waals surface area contributed by atoms with Crippen LogP contribution >= 0.6 is 0 Å². The summed E-state index contributed by atoms with van der Waals surface area (Å²) in [7, 11) is 0. The minimum Gasteiger partial charge on any atom is -0.310 e. The van der Waals surface area contributed by atoms with Crippen molar-refractivity contribution in [2.45, 2.75) is 12.8 Å². The van der Waals surface area contributed by atoms with Gasteiger partial charge in [0.2, 0.25) is 0 Å². The van der Waals surface area contributed by atoms with Gasteiger partial charge in [-0.15, -0.1) is 0 Å². The van der Waals surface area contributed by atoms with Gasteiger partial charge in [0.05, 0.1) is 11.4 Å². The number of fused-ring (bicyclic) bond motifs is 8. The van der Waals surface area contributed by atoms with Gasteiger partial charge in [-0.3, -0.25) is 0 Å². The zero-order valence-electron chi connectivity index (χ0n) is 38.7. The zero-order chi connectivity index (χ0) is 46.4. The topological polar surface area (TPSA) is 6.48 Å². The summed E-state index contributed by atoms with van der Waals surface area (Å²) in [5, 5.41) is 10.1. The molecule has 13 rings (SSSR count). The molecule has 0 atom stereocenters. The molecule has 12 aromatic rings. The fourth-order valence-corrected chi connectivity index (χ4v) is 11.1. The summed E-state index contributed by atoms with van der Waals surface area (Å²) >= 11 is 0. The van der Waals surface area contributed by atoms with E-state index in [9.17, 15) is 0 Å². The van der Waals surface area contributed by atoms with E-state index in [1.165, 1.54) is 87.6 Å². The Morgan fingerprint density at radius 3 is 1.33 bits per heavy atom. The molecule has 1 aliphatic rings. The quantitative estimate of drug-likeness (QED) is 0.133.